The number of pyridine rings is 1. The van der Waals surface area contributed by atoms with Crippen LogP contribution in [0.25, 0.3) is 11.0 Å². The minimum Gasteiger partial charge on any atom is -0.341 e. The van der Waals surface area contributed by atoms with Gasteiger partial charge in [0.2, 0.25) is 5.95 Å². The topological polar surface area (TPSA) is 94.9 Å². The van der Waals surface area contributed by atoms with Gasteiger partial charge in [-0.2, -0.15) is 5.10 Å². The molecule has 0 radical (unpaired) electrons. The third-order valence-electron chi connectivity index (χ3n) is 5.14. The van der Waals surface area contributed by atoms with Crippen LogP contribution < -0.4 is 16.2 Å². The number of hydrogen-bond acceptors (Lipinski definition) is 6. The average molecular weight is 391 g/mol. The van der Waals surface area contributed by atoms with E-state index in [2.05, 4.69) is 26.8 Å². The summed E-state index contributed by atoms with van der Waals surface area (Å²) in [6, 6.07) is 5.86. The Kier molecular flexibility index (Phi) is 5.32. The van der Waals surface area contributed by atoms with Crippen LogP contribution in [0.1, 0.15) is 31.2 Å². The van der Waals surface area contributed by atoms with Gasteiger partial charge in [0.1, 0.15) is 11.0 Å². The summed E-state index contributed by atoms with van der Waals surface area (Å²) in [7, 11) is 0. The van der Waals surface area contributed by atoms with Gasteiger partial charge in [-0.25, -0.2) is 9.67 Å². The first kappa shape index (κ1) is 19.2. The molecule has 4 rings (SSSR count). The van der Waals surface area contributed by atoms with Crippen LogP contribution in [0.4, 0.5) is 5.95 Å². The van der Waals surface area contributed by atoms with Crippen molar-refractivity contribution in [3.05, 3.63) is 46.1 Å². The van der Waals surface area contributed by atoms with Gasteiger partial charge >= 0.3 is 0 Å². The fourth-order valence-electron chi connectivity index (χ4n) is 3.77. The summed E-state index contributed by atoms with van der Waals surface area (Å²) >= 11 is 0. The molecule has 0 spiro atoms. The SMILES string of the molecule is CC#CCn1c(N2CCCC(N)C2)nc2cnn(Cc3cccc(C)n3)c(=O)c21. The molecule has 0 aliphatic carbocycles. The Hall–Kier alpha value is -3.18. The predicted octanol–water partition coefficient (Wildman–Crippen LogP) is 1.30. The fourth-order valence-corrected chi connectivity index (χ4v) is 3.77. The number of piperidine rings is 1. The maximum atomic E-state index is 13.3. The van der Waals surface area contributed by atoms with Crippen molar-refractivity contribution >= 4 is 17.0 Å². The quantitative estimate of drug-likeness (QED) is 0.674. The lowest BCUT2D eigenvalue weighted by atomic mass is 10.1. The van der Waals surface area contributed by atoms with Gasteiger partial charge in [0, 0.05) is 24.8 Å². The number of imidazole rings is 1. The third kappa shape index (κ3) is 3.87. The zero-order valence-corrected chi connectivity index (χ0v) is 16.8. The standard InChI is InChI=1S/C21H25N7O/c1-3-4-11-27-19-18(25-21(27)26-10-6-8-16(22)13-26)12-23-28(20(19)29)14-17-9-5-7-15(2)24-17/h5,7,9,12,16H,6,8,10-11,13-14,22H2,1-2H3. The highest BCUT2D eigenvalue weighted by atomic mass is 16.1. The van der Waals surface area contributed by atoms with Gasteiger partial charge in [0.15, 0.2) is 0 Å². The van der Waals surface area contributed by atoms with Crippen LogP contribution in [-0.2, 0) is 13.1 Å². The molecule has 0 amide bonds. The lowest BCUT2D eigenvalue weighted by Gasteiger charge is -2.31. The summed E-state index contributed by atoms with van der Waals surface area (Å²) in [5.74, 6) is 6.72. The third-order valence-corrected chi connectivity index (χ3v) is 5.14. The second-order valence-corrected chi connectivity index (χ2v) is 7.38. The highest BCUT2D eigenvalue weighted by Crippen LogP contribution is 2.23. The average Bonchev–Trinajstić information content (AvgIpc) is 3.08. The van der Waals surface area contributed by atoms with Crippen molar-refractivity contribution in [2.24, 2.45) is 5.73 Å². The molecule has 1 aliphatic rings. The van der Waals surface area contributed by atoms with Gasteiger partial charge in [0.25, 0.3) is 5.56 Å². The second-order valence-electron chi connectivity index (χ2n) is 7.38. The molecule has 1 unspecified atom stereocenters. The van der Waals surface area contributed by atoms with Crippen LogP contribution in [0, 0.1) is 18.8 Å². The predicted molar refractivity (Wildman–Crippen MR) is 113 cm³/mol. The molecule has 8 heteroatoms. The van der Waals surface area contributed by atoms with E-state index in [1.165, 1.54) is 4.68 Å². The molecule has 150 valence electrons. The van der Waals surface area contributed by atoms with Crippen LogP contribution in [0.2, 0.25) is 0 Å². The van der Waals surface area contributed by atoms with Gasteiger partial charge < -0.3 is 10.6 Å². The van der Waals surface area contributed by atoms with E-state index in [9.17, 15) is 4.79 Å². The Labute approximate surface area is 169 Å². The molecule has 3 aromatic heterocycles. The minimum atomic E-state index is -0.191. The van der Waals surface area contributed by atoms with E-state index in [0.717, 1.165) is 43.3 Å². The van der Waals surface area contributed by atoms with E-state index >= 15 is 0 Å². The summed E-state index contributed by atoms with van der Waals surface area (Å²) in [4.78, 5) is 24.6. The lowest BCUT2D eigenvalue weighted by Crippen LogP contribution is -2.44. The monoisotopic (exact) mass is 391 g/mol. The maximum Gasteiger partial charge on any atom is 0.293 e. The van der Waals surface area contributed by atoms with Gasteiger partial charge in [-0.1, -0.05) is 12.0 Å². The summed E-state index contributed by atoms with van der Waals surface area (Å²) in [6.45, 7) is 6.01. The van der Waals surface area contributed by atoms with E-state index in [-0.39, 0.29) is 11.6 Å². The van der Waals surface area contributed by atoms with Gasteiger partial charge in [-0.05, 0) is 38.8 Å². The molecule has 1 fully saturated rings. The molecule has 29 heavy (non-hydrogen) atoms. The first-order chi connectivity index (χ1) is 14.1. The largest absolute Gasteiger partial charge is 0.341 e. The number of rotatable bonds is 4. The number of nitrogens with two attached hydrogens (primary N) is 1. The molecule has 0 saturated carbocycles. The zero-order valence-electron chi connectivity index (χ0n) is 16.8. The number of aromatic nitrogens is 5. The Morgan fingerprint density at radius 2 is 2.17 bits per heavy atom. The van der Waals surface area contributed by atoms with Crippen LogP contribution in [0.3, 0.4) is 0 Å². The molecule has 1 aliphatic heterocycles. The molecule has 1 saturated heterocycles. The Morgan fingerprint density at radius 3 is 2.93 bits per heavy atom. The number of aryl methyl sites for hydroxylation is 1. The minimum absolute atomic E-state index is 0.108. The van der Waals surface area contributed by atoms with Crippen molar-refractivity contribution in [2.75, 3.05) is 18.0 Å². The number of hydrogen-bond donors (Lipinski definition) is 1. The molecule has 8 nitrogen and oxygen atoms in total. The number of nitrogens with zero attached hydrogens (tertiary/aromatic N) is 6. The highest BCUT2D eigenvalue weighted by molar-refractivity contribution is 5.77. The van der Waals surface area contributed by atoms with Crippen molar-refractivity contribution in [3.8, 4) is 11.8 Å². The summed E-state index contributed by atoms with van der Waals surface area (Å²) in [5, 5.41) is 4.34. The van der Waals surface area contributed by atoms with E-state index in [1.54, 1.807) is 13.1 Å². The number of fused-ring (bicyclic) bond motifs is 1. The van der Waals surface area contributed by atoms with Crippen LogP contribution in [0.15, 0.2) is 29.2 Å². The van der Waals surface area contributed by atoms with Gasteiger partial charge in [0.05, 0.1) is 25.0 Å². The molecule has 2 N–H and O–H groups in total. The molecule has 4 heterocycles. The highest BCUT2D eigenvalue weighted by Gasteiger charge is 2.24. The Morgan fingerprint density at radius 1 is 1.31 bits per heavy atom. The van der Waals surface area contributed by atoms with E-state index in [4.69, 9.17) is 10.7 Å². The van der Waals surface area contributed by atoms with Crippen molar-refractivity contribution in [1.29, 1.82) is 0 Å². The lowest BCUT2D eigenvalue weighted by molar-refractivity contribution is 0.496. The smallest absolute Gasteiger partial charge is 0.293 e. The molecular formula is C21H25N7O. The van der Waals surface area contributed by atoms with Gasteiger partial charge in [-0.15, -0.1) is 5.92 Å². The first-order valence-corrected chi connectivity index (χ1v) is 9.86. The van der Waals surface area contributed by atoms with Crippen LogP contribution in [-0.4, -0.2) is 43.4 Å². The molecule has 3 aromatic rings. The van der Waals surface area contributed by atoms with Crippen molar-refractivity contribution in [3.63, 3.8) is 0 Å². The van der Waals surface area contributed by atoms with Crippen LogP contribution in [0.5, 0.6) is 0 Å². The molecule has 0 aromatic carbocycles. The summed E-state index contributed by atoms with van der Waals surface area (Å²) in [6.07, 6.45) is 3.66. The number of anilines is 1. The van der Waals surface area contributed by atoms with Crippen molar-refractivity contribution in [2.45, 2.75) is 45.8 Å². The van der Waals surface area contributed by atoms with E-state index in [0.29, 0.717) is 24.1 Å². The van der Waals surface area contributed by atoms with E-state index < -0.39 is 0 Å². The molecular weight excluding hydrogens is 366 g/mol. The van der Waals surface area contributed by atoms with Gasteiger partial charge in [-0.3, -0.25) is 14.3 Å². The summed E-state index contributed by atoms with van der Waals surface area (Å²) in [5.41, 5.74) is 8.77. The Balaban J connectivity index is 1.80. The second kappa shape index (κ2) is 8.05. The Bertz CT molecular complexity index is 1150. The van der Waals surface area contributed by atoms with Crippen molar-refractivity contribution in [1.82, 2.24) is 24.3 Å². The zero-order chi connectivity index (χ0) is 20.4. The normalized spacial score (nSPS) is 16.7. The maximum absolute atomic E-state index is 13.3. The summed E-state index contributed by atoms with van der Waals surface area (Å²) < 4.78 is 3.33. The fraction of sp³-hybridized carbons (Fsp3) is 0.429. The molecule has 0 bridgehead atoms. The van der Waals surface area contributed by atoms with Crippen LogP contribution >= 0.6 is 0 Å². The van der Waals surface area contributed by atoms with E-state index in [1.807, 2.05) is 29.7 Å². The van der Waals surface area contributed by atoms with Crippen molar-refractivity contribution < 1.29 is 0 Å². The molecule has 1 atom stereocenters. The first-order valence-electron chi connectivity index (χ1n) is 9.86.